The maximum absolute atomic E-state index is 13.0. The topological polar surface area (TPSA) is 32.7 Å². The summed E-state index contributed by atoms with van der Waals surface area (Å²) in [6, 6.07) is 10.4. The summed E-state index contributed by atoms with van der Waals surface area (Å²) in [5.41, 5.74) is 2.25. The van der Waals surface area contributed by atoms with E-state index >= 15 is 0 Å². The Morgan fingerprint density at radius 3 is 2.54 bits per heavy atom. The van der Waals surface area contributed by atoms with Gasteiger partial charge in [-0.3, -0.25) is 9.79 Å². The number of amides is 1. The molecule has 0 aliphatic heterocycles. The second-order valence-electron chi connectivity index (χ2n) is 6.33. The molecule has 24 heavy (non-hydrogen) atoms. The van der Waals surface area contributed by atoms with Crippen LogP contribution in [0.1, 0.15) is 44.2 Å². The van der Waals surface area contributed by atoms with E-state index in [1.807, 2.05) is 23.1 Å². The van der Waals surface area contributed by atoms with Crippen molar-refractivity contribution in [3.05, 3.63) is 61.2 Å². The molecule has 1 unspecified atom stereocenters. The largest absolute Gasteiger partial charge is 0.335 e. The first-order valence-electron chi connectivity index (χ1n) is 8.79. The van der Waals surface area contributed by atoms with Crippen LogP contribution in [-0.2, 0) is 4.79 Å². The smallest absolute Gasteiger partial charge is 0.231 e. The van der Waals surface area contributed by atoms with Gasteiger partial charge in [-0.15, -0.1) is 13.2 Å². The molecule has 128 valence electrons. The van der Waals surface area contributed by atoms with Gasteiger partial charge in [-0.25, -0.2) is 0 Å². The molecule has 0 radical (unpaired) electrons. The average Bonchev–Trinajstić information content (AvgIpc) is 2.62. The fourth-order valence-electron chi connectivity index (χ4n) is 3.26. The van der Waals surface area contributed by atoms with Crippen LogP contribution >= 0.6 is 0 Å². The molecule has 3 heteroatoms. The van der Waals surface area contributed by atoms with Crippen LogP contribution in [0.5, 0.6) is 0 Å². The first kappa shape index (κ1) is 18.2. The number of benzene rings is 1. The lowest BCUT2D eigenvalue weighted by Gasteiger charge is -2.30. The van der Waals surface area contributed by atoms with Crippen LogP contribution in [-0.4, -0.2) is 29.6 Å². The summed E-state index contributed by atoms with van der Waals surface area (Å²) in [5, 5.41) is 0. The lowest BCUT2D eigenvalue weighted by atomic mass is 9.85. The molecule has 1 aliphatic rings. The Hall–Kier alpha value is -2.16. The van der Waals surface area contributed by atoms with Crippen LogP contribution in [0.3, 0.4) is 0 Å². The molecule has 1 fully saturated rings. The number of carbonyl (C=O) groups is 1. The van der Waals surface area contributed by atoms with E-state index in [2.05, 4.69) is 32.2 Å². The Labute approximate surface area is 145 Å². The summed E-state index contributed by atoms with van der Waals surface area (Å²) in [5.74, 6) is 0.0679. The van der Waals surface area contributed by atoms with Crippen molar-refractivity contribution in [2.24, 2.45) is 10.9 Å². The van der Waals surface area contributed by atoms with Crippen molar-refractivity contribution in [2.75, 3.05) is 13.1 Å². The molecule has 1 saturated carbocycles. The van der Waals surface area contributed by atoms with Crippen LogP contribution in [0, 0.1) is 5.92 Å². The molecule has 2 atom stereocenters. The zero-order chi connectivity index (χ0) is 17.4. The Balaban J connectivity index is 2.20. The van der Waals surface area contributed by atoms with Gasteiger partial charge in [0.2, 0.25) is 5.91 Å². The van der Waals surface area contributed by atoms with Gasteiger partial charge in [-0.05, 0) is 31.7 Å². The van der Waals surface area contributed by atoms with Crippen molar-refractivity contribution < 1.29 is 4.79 Å². The van der Waals surface area contributed by atoms with Gasteiger partial charge in [-0.1, -0.05) is 48.9 Å². The van der Waals surface area contributed by atoms with E-state index in [-0.39, 0.29) is 17.9 Å². The van der Waals surface area contributed by atoms with Gasteiger partial charge in [-0.2, -0.15) is 0 Å². The highest BCUT2D eigenvalue weighted by atomic mass is 16.2. The number of nitrogens with zero attached hydrogens (tertiary/aromatic N) is 2. The van der Waals surface area contributed by atoms with Crippen LogP contribution in [0.4, 0.5) is 0 Å². The molecular weight excluding hydrogens is 296 g/mol. The maximum Gasteiger partial charge on any atom is 0.231 e. The minimum atomic E-state index is -0.0928. The normalized spacial score (nSPS) is 20.4. The molecule has 0 aromatic heterocycles. The predicted molar refractivity (Wildman–Crippen MR) is 101 cm³/mol. The fraction of sp³-hybridized carbons (Fsp3) is 0.429. The van der Waals surface area contributed by atoms with E-state index in [0.29, 0.717) is 13.1 Å². The minimum Gasteiger partial charge on any atom is -0.335 e. The summed E-state index contributed by atoms with van der Waals surface area (Å²) in [4.78, 5) is 19.7. The third-order valence-corrected chi connectivity index (χ3v) is 4.53. The maximum atomic E-state index is 13.0. The Kier molecular flexibility index (Phi) is 6.98. The molecule has 0 bridgehead atoms. The molecule has 0 spiro atoms. The van der Waals surface area contributed by atoms with E-state index in [0.717, 1.165) is 31.4 Å². The summed E-state index contributed by atoms with van der Waals surface area (Å²) in [7, 11) is 0. The molecule has 0 N–H and O–H groups in total. The van der Waals surface area contributed by atoms with Gasteiger partial charge in [0.1, 0.15) is 0 Å². The quantitative estimate of drug-likeness (QED) is 0.676. The highest BCUT2D eigenvalue weighted by molar-refractivity contribution is 6.04. The number of carbonyl (C=O) groups excluding carboxylic acids is 1. The Morgan fingerprint density at radius 1 is 1.25 bits per heavy atom. The zero-order valence-corrected chi connectivity index (χ0v) is 14.7. The Morgan fingerprint density at radius 2 is 1.92 bits per heavy atom. The van der Waals surface area contributed by atoms with E-state index in [4.69, 9.17) is 4.99 Å². The van der Waals surface area contributed by atoms with Crippen LogP contribution in [0.15, 0.2) is 60.6 Å². The minimum absolute atomic E-state index is 0.0851. The van der Waals surface area contributed by atoms with Crippen molar-refractivity contribution in [1.82, 2.24) is 4.90 Å². The third-order valence-electron chi connectivity index (χ3n) is 4.53. The Bertz CT molecular complexity index is 581. The van der Waals surface area contributed by atoms with Gasteiger partial charge < -0.3 is 4.90 Å². The highest BCUT2D eigenvalue weighted by Crippen LogP contribution is 2.27. The number of aliphatic imine (C=N–C) groups is 1. The zero-order valence-electron chi connectivity index (χ0n) is 14.7. The molecule has 0 saturated heterocycles. The van der Waals surface area contributed by atoms with Gasteiger partial charge in [0.15, 0.2) is 0 Å². The molecular formula is C21H28N2O. The van der Waals surface area contributed by atoms with E-state index in [9.17, 15) is 4.79 Å². The molecule has 1 aromatic rings. The van der Waals surface area contributed by atoms with Gasteiger partial charge in [0, 0.05) is 18.8 Å². The lowest BCUT2D eigenvalue weighted by Crippen LogP contribution is -2.41. The molecule has 1 amide bonds. The van der Waals surface area contributed by atoms with Crippen LogP contribution < -0.4 is 0 Å². The summed E-state index contributed by atoms with van der Waals surface area (Å²) in [6.45, 7) is 10.7. The SMILES string of the molecule is C=CCN(CC=C)C(=O)C1CCCCC1=N[C@H](C)c1ccccc1. The van der Waals surface area contributed by atoms with Crippen molar-refractivity contribution in [1.29, 1.82) is 0 Å². The number of rotatable bonds is 7. The lowest BCUT2D eigenvalue weighted by molar-refractivity contribution is -0.132. The predicted octanol–water partition coefficient (Wildman–Crippen LogP) is 4.58. The van der Waals surface area contributed by atoms with E-state index < -0.39 is 0 Å². The van der Waals surface area contributed by atoms with Crippen molar-refractivity contribution in [2.45, 2.75) is 38.6 Å². The third kappa shape index (κ3) is 4.67. The molecule has 1 aliphatic carbocycles. The molecule has 1 aromatic carbocycles. The summed E-state index contributed by atoms with van der Waals surface area (Å²) < 4.78 is 0. The van der Waals surface area contributed by atoms with Crippen LogP contribution in [0.2, 0.25) is 0 Å². The van der Waals surface area contributed by atoms with Crippen molar-refractivity contribution in [3.8, 4) is 0 Å². The van der Waals surface area contributed by atoms with Crippen LogP contribution in [0.25, 0.3) is 0 Å². The molecule has 3 nitrogen and oxygen atoms in total. The first-order chi connectivity index (χ1) is 11.7. The number of hydrogen-bond acceptors (Lipinski definition) is 2. The van der Waals surface area contributed by atoms with Gasteiger partial charge >= 0.3 is 0 Å². The summed E-state index contributed by atoms with van der Waals surface area (Å²) in [6.07, 6.45) is 7.56. The second kappa shape index (κ2) is 9.21. The second-order valence-corrected chi connectivity index (χ2v) is 6.33. The number of hydrogen-bond donors (Lipinski definition) is 0. The van der Waals surface area contributed by atoms with E-state index in [1.54, 1.807) is 12.2 Å². The molecule has 0 heterocycles. The molecule has 2 rings (SSSR count). The van der Waals surface area contributed by atoms with Crippen molar-refractivity contribution in [3.63, 3.8) is 0 Å². The first-order valence-corrected chi connectivity index (χ1v) is 8.79. The monoisotopic (exact) mass is 324 g/mol. The van der Waals surface area contributed by atoms with Gasteiger partial charge in [0.25, 0.3) is 0 Å². The standard InChI is InChI=1S/C21H28N2O/c1-4-15-23(16-5-2)21(24)19-13-9-10-14-20(19)22-17(3)18-11-7-6-8-12-18/h4-8,11-12,17,19H,1-2,9-10,13-16H2,3H3/t17-,19?/m1/s1. The fourth-order valence-corrected chi connectivity index (χ4v) is 3.26. The average molecular weight is 324 g/mol. The highest BCUT2D eigenvalue weighted by Gasteiger charge is 2.30. The van der Waals surface area contributed by atoms with Gasteiger partial charge in [0.05, 0.1) is 12.0 Å². The summed E-state index contributed by atoms with van der Waals surface area (Å²) >= 11 is 0. The van der Waals surface area contributed by atoms with Crippen molar-refractivity contribution >= 4 is 11.6 Å². The van der Waals surface area contributed by atoms with E-state index in [1.165, 1.54) is 5.56 Å².